The molecule has 1 saturated heterocycles. The van der Waals surface area contributed by atoms with E-state index in [2.05, 4.69) is 15.3 Å². The SMILES string of the molecule is Cc1nc(N2C[C@@H](CC(=O)Nc3ccc(-c4ccccc4)cc3)C[C@H]2C(=O)O)c2oc3ccccc3c2n1. The summed E-state index contributed by atoms with van der Waals surface area (Å²) in [5, 5.41) is 13.8. The number of carbonyl (C=O) groups excluding carboxylic acids is 1. The number of aryl methyl sites for hydroxylation is 1. The molecule has 0 saturated carbocycles. The Morgan fingerprint density at radius 1 is 0.974 bits per heavy atom. The zero-order chi connectivity index (χ0) is 26.2. The molecule has 1 aliphatic rings. The lowest BCUT2D eigenvalue weighted by molar-refractivity contribution is -0.138. The highest BCUT2D eigenvalue weighted by molar-refractivity contribution is 6.06. The maximum Gasteiger partial charge on any atom is 0.326 e. The monoisotopic (exact) mass is 506 g/mol. The number of fused-ring (bicyclic) bond motifs is 3. The second kappa shape index (κ2) is 9.63. The molecule has 6 rings (SSSR count). The van der Waals surface area contributed by atoms with Gasteiger partial charge in [0.2, 0.25) is 5.91 Å². The number of rotatable bonds is 6. The fourth-order valence-corrected chi connectivity index (χ4v) is 5.27. The van der Waals surface area contributed by atoms with Crippen LogP contribution in [0.4, 0.5) is 11.5 Å². The molecule has 2 N–H and O–H groups in total. The number of aliphatic carboxylic acids is 1. The minimum Gasteiger partial charge on any atom is -0.480 e. The standard InChI is InChI=1S/C30H26N4O4/c1-18-31-27-23-9-5-6-10-25(23)38-28(27)29(32-18)34-17-19(15-24(34)30(36)37)16-26(35)33-22-13-11-21(12-14-22)20-7-3-2-4-8-20/h2-14,19,24H,15-17H2,1H3,(H,33,35)(H,36,37)/t19-,24+/m1/s1. The number of furan rings is 1. The van der Waals surface area contributed by atoms with Gasteiger partial charge < -0.3 is 19.7 Å². The molecule has 2 aromatic heterocycles. The number of nitrogens with zero attached hydrogens (tertiary/aromatic N) is 3. The van der Waals surface area contributed by atoms with Crippen LogP contribution in [0, 0.1) is 12.8 Å². The molecule has 2 atom stereocenters. The summed E-state index contributed by atoms with van der Waals surface area (Å²) in [7, 11) is 0. The molecule has 0 radical (unpaired) electrons. The van der Waals surface area contributed by atoms with Crippen LogP contribution in [0.1, 0.15) is 18.7 Å². The highest BCUT2D eigenvalue weighted by Gasteiger charge is 2.40. The Kier molecular flexibility index (Phi) is 5.99. The van der Waals surface area contributed by atoms with Crippen LogP contribution in [0.5, 0.6) is 0 Å². The molecule has 0 unspecified atom stereocenters. The van der Waals surface area contributed by atoms with Gasteiger partial charge >= 0.3 is 5.97 Å². The van der Waals surface area contributed by atoms with Crippen LogP contribution in [0.2, 0.25) is 0 Å². The number of aromatic nitrogens is 2. The lowest BCUT2D eigenvalue weighted by Crippen LogP contribution is -2.36. The predicted molar refractivity (Wildman–Crippen MR) is 146 cm³/mol. The first-order chi connectivity index (χ1) is 18.5. The predicted octanol–water partition coefficient (Wildman–Crippen LogP) is 5.66. The van der Waals surface area contributed by atoms with E-state index < -0.39 is 12.0 Å². The number of amides is 1. The van der Waals surface area contributed by atoms with Crippen LogP contribution < -0.4 is 10.2 Å². The van der Waals surface area contributed by atoms with E-state index in [0.717, 1.165) is 16.5 Å². The van der Waals surface area contributed by atoms with Crippen molar-refractivity contribution in [2.24, 2.45) is 5.92 Å². The number of nitrogens with one attached hydrogen (secondary N) is 1. The van der Waals surface area contributed by atoms with Crippen LogP contribution in [0.15, 0.2) is 83.3 Å². The maximum absolute atomic E-state index is 12.9. The quantitative estimate of drug-likeness (QED) is 0.306. The van der Waals surface area contributed by atoms with Crippen LogP contribution in [0.3, 0.4) is 0 Å². The van der Waals surface area contributed by atoms with Crippen molar-refractivity contribution >= 4 is 45.5 Å². The highest BCUT2D eigenvalue weighted by atomic mass is 16.4. The Hall–Kier alpha value is -4.72. The first-order valence-corrected chi connectivity index (χ1v) is 12.6. The van der Waals surface area contributed by atoms with E-state index in [-0.39, 0.29) is 18.2 Å². The third-order valence-corrected chi connectivity index (χ3v) is 7.01. The lowest BCUT2D eigenvalue weighted by atomic mass is 10.0. The van der Waals surface area contributed by atoms with Crippen molar-refractivity contribution in [2.45, 2.75) is 25.8 Å². The molecule has 0 aliphatic carbocycles. The second-order valence-electron chi connectivity index (χ2n) is 9.67. The van der Waals surface area contributed by atoms with Crippen LogP contribution >= 0.6 is 0 Å². The van der Waals surface area contributed by atoms with Gasteiger partial charge in [0.05, 0.1) is 0 Å². The van der Waals surface area contributed by atoms with E-state index in [0.29, 0.717) is 47.0 Å². The van der Waals surface area contributed by atoms with E-state index in [9.17, 15) is 14.7 Å². The van der Waals surface area contributed by atoms with E-state index in [1.807, 2.05) is 78.9 Å². The smallest absolute Gasteiger partial charge is 0.326 e. The largest absolute Gasteiger partial charge is 0.480 e. The van der Waals surface area contributed by atoms with Gasteiger partial charge in [-0.05, 0) is 54.7 Å². The van der Waals surface area contributed by atoms with Crippen molar-refractivity contribution in [3.05, 3.63) is 84.7 Å². The van der Waals surface area contributed by atoms with Gasteiger partial charge in [0.1, 0.15) is 23.0 Å². The number of carboxylic acid groups (broad SMARTS) is 1. The van der Waals surface area contributed by atoms with Gasteiger partial charge in [-0.3, -0.25) is 4.79 Å². The summed E-state index contributed by atoms with van der Waals surface area (Å²) < 4.78 is 6.08. The number of hydrogen-bond donors (Lipinski definition) is 2. The molecule has 3 heterocycles. The van der Waals surface area contributed by atoms with Crippen molar-refractivity contribution in [3.63, 3.8) is 0 Å². The Morgan fingerprint density at radius 3 is 2.45 bits per heavy atom. The van der Waals surface area contributed by atoms with Gasteiger partial charge in [-0.15, -0.1) is 0 Å². The molecule has 1 aliphatic heterocycles. The Morgan fingerprint density at radius 2 is 1.68 bits per heavy atom. The minimum absolute atomic E-state index is 0.152. The molecule has 3 aromatic carbocycles. The number of hydrogen-bond acceptors (Lipinski definition) is 6. The molecule has 8 nitrogen and oxygen atoms in total. The van der Waals surface area contributed by atoms with E-state index in [4.69, 9.17) is 4.42 Å². The van der Waals surface area contributed by atoms with Crippen LogP contribution in [0.25, 0.3) is 33.2 Å². The number of para-hydroxylation sites is 1. The van der Waals surface area contributed by atoms with Gasteiger partial charge in [0.25, 0.3) is 0 Å². The topological polar surface area (TPSA) is 109 Å². The first kappa shape index (κ1) is 23.7. The van der Waals surface area contributed by atoms with Gasteiger partial charge in [0, 0.05) is 24.0 Å². The fraction of sp³-hybridized carbons (Fsp3) is 0.200. The molecule has 38 heavy (non-hydrogen) atoms. The minimum atomic E-state index is -0.954. The van der Waals surface area contributed by atoms with Crippen molar-refractivity contribution in [3.8, 4) is 11.1 Å². The number of carbonyl (C=O) groups is 2. The van der Waals surface area contributed by atoms with Crippen LogP contribution in [-0.4, -0.2) is 39.5 Å². The molecular weight excluding hydrogens is 480 g/mol. The van der Waals surface area contributed by atoms with Gasteiger partial charge in [-0.1, -0.05) is 54.6 Å². The van der Waals surface area contributed by atoms with Crippen molar-refractivity contribution in [1.29, 1.82) is 0 Å². The molecule has 1 amide bonds. The normalized spacial score (nSPS) is 17.2. The Balaban J connectivity index is 1.21. The third kappa shape index (κ3) is 4.45. The number of anilines is 2. The molecule has 0 bridgehead atoms. The summed E-state index contributed by atoms with van der Waals surface area (Å²) in [6.45, 7) is 2.16. The second-order valence-corrected chi connectivity index (χ2v) is 9.67. The summed E-state index contributed by atoms with van der Waals surface area (Å²) in [5.74, 6) is -0.278. The molecule has 8 heteroatoms. The summed E-state index contributed by atoms with van der Waals surface area (Å²) in [6.07, 6.45) is 0.536. The summed E-state index contributed by atoms with van der Waals surface area (Å²) in [5.41, 5.74) is 4.67. The zero-order valence-corrected chi connectivity index (χ0v) is 20.8. The van der Waals surface area contributed by atoms with Crippen LogP contribution in [-0.2, 0) is 9.59 Å². The van der Waals surface area contributed by atoms with Crippen molar-refractivity contribution in [2.75, 3.05) is 16.8 Å². The maximum atomic E-state index is 12.9. The van der Waals surface area contributed by atoms with Crippen molar-refractivity contribution in [1.82, 2.24) is 9.97 Å². The lowest BCUT2D eigenvalue weighted by Gasteiger charge is -2.22. The van der Waals surface area contributed by atoms with E-state index in [1.165, 1.54) is 0 Å². The Labute approximate surface area is 218 Å². The fourth-order valence-electron chi connectivity index (χ4n) is 5.27. The molecular formula is C30H26N4O4. The average Bonchev–Trinajstić information content (AvgIpc) is 3.51. The van der Waals surface area contributed by atoms with Crippen molar-refractivity contribution < 1.29 is 19.1 Å². The van der Waals surface area contributed by atoms with E-state index in [1.54, 1.807) is 11.8 Å². The summed E-state index contributed by atoms with van der Waals surface area (Å²) in [6, 6.07) is 24.5. The Bertz CT molecular complexity index is 1650. The molecule has 1 fully saturated rings. The molecule has 0 spiro atoms. The first-order valence-electron chi connectivity index (χ1n) is 12.6. The third-order valence-electron chi connectivity index (χ3n) is 7.01. The molecule has 190 valence electrons. The summed E-state index contributed by atoms with van der Waals surface area (Å²) >= 11 is 0. The summed E-state index contributed by atoms with van der Waals surface area (Å²) in [4.78, 5) is 36.0. The number of benzene rings is 3. The van der Waals surface area contributed by atoms with Gasteiger partial charge in [0.15, 0.2) is 11.4 Å². The van der Waals surface area contributed by atoms with Gasteiger partial charge in [-0.2, -0.15) is 0 Å². The average molecular weight is 507 g/mol. The van der Waals surface area contributed by atoms with Gasteiger partial charge in [-0.25, -0.2) is 14.8 Å². The van der Waals surface area contributed by atoms with E-state index >= 15 is 0 Å². The zero-order valence-electron chi connectivity index (χ0n) is 20.8. The molecule has 5 aromatic rings. The highest BCUT2D eigenvalue weighted by Crippen LogP contribution is 2.37. The number of carboxylic acids is 1.